The molecular weight excluding hydrogens is 380 g/mol. The maximum Gasteiger partial charge on any atom is 0.243 e. The molecule has 1 atom stereocenters. The molecule has 0 fully saturated rings. The lowest BCUT2D eigenvalue weighted by molar-refractivity contribution is -0.114. The van der Waals surface area contributed by atoms with E-state index in [0.717, 1.165) is 5.39 Å². The number of sulfonamides is 1. The minimum absolute atomic E-state index is 0.0440. The van der Waals surface area contributed by atoms with Crippen molar-refractivity contribution in [2.75, 3.05) is 19.5 Å². The van der Waals surface area contributed by atoms with Gasteiger partial charge in [0.1, 0.15) is 17.1 Å². The lowest BCUT2D eigenvalue weighted by Crippen LogP contribution is -2.29. The third-order valence-corrected chi connectivity index (χ3v) is 6.48. The van der Waals surface area contributed by atoms with Crippen molar-refractivity contribution in [2.24, 2.45) is 0 Å². The van der Waals surface area contributed by atoms with Gasteiger partial charge in [-0.3, -0.25) is 4.79 Å². The Bertz CT molecular complexity index is 1090. The maximum atomic E-state index is 13.1. The van der Waals surface area contributed by atoms with Crippen LogP contribution in [0.4, 0.5) is 5.69 Å². The number of nitrogens with zero attached hydrogens (tertiary/aromatic N) is 1. The Morgan fingerprint density at radius 3 is 2.54 bits per heavy atom. The van der Waals surface area contributed by atoms with Gasteiger partial charge in [0, 0.05) is 19.4 Å². The summed E-state index contributed by atoms with van der Waals surface area (Å²) >= 11 is 0. The molecule has 1 heterocycles. The zero-order chi connectivity index (χ0) is 20.5. The first kappa shape index (κ1) is 19.9. The Balaban J connectivity index is 1.95. The average molecular weight is 402 g/mol. The smallest absolute Gasteiger partial charge is 0.243 e. The molecule has 0 radical (unpaired) electrons. The molecule has 0 spiro atoms. The molecule has 0 aliphatic carbocycles. The fourth-order valence-corrected chi connectivity index (χ4v) is 4.26. The number of para-hydroxylation sites is 1. The largest absolute Gasteiger partial charge is 0.495 e. The molecule has 148 valence electrons. The van der Waals surface area contributed by atoms with Gasteiger partial charge < -0.3 is 14.5 Å². The zero-order valence-electron chi connectivity index (χ0n) is 16.1. The van der Waals surface area contributed by atoms with E-state index in [1.807, 2.05) is 30.3 Å². The predicted molar refractivity (Wildman–Crippen MR) is 107 cm³/mol. The number of methoxy groups -OCH3 is 1. The molecular formula is C20H22N2O5S. The van der Waals surface area contributed by atoms with E-state index >= 15 is 0 Å². The van der Waals surface area contributed by atoms with Crippen molar-refractivity contribution in [3.05, 3.63) is 54.3 Å². The summed E-state index contributed by atoms with van der Waals surface area (Å²) in [4.78, 5) is 11.5. The first-order valence-electron chi connectivity index (χ1n) is 8.66. The van der Waals surface area contributed by atoms with Crippen LogP contribution in [0.5, 0.6) is 5.75 Å². The van der Waals surface area contributed by atoms with E-state index in [4.69, 9.17) is 9.15 Å². The summed E-state index contributed by atoms with van der Waals surface area (Å²) < 4.78 is 38.5. The highest BCUT2D eigenvalue weighted by molar-refractivity contribution is 7.89. The van der Waals surface area contributed by atoms with Gasteiger partial charge in [0.2, 0.25) is 15.9 Å². The average Bonchev–Trinajstić information content (AvgIpc) is 3.10. The summed E-state index contributed by atoms with van der Waals surface area (Å²) in [5.41, 5.74) is 0.994. The molecule has 0 unspecified atom stereocenters. The molecule has 1 N–H and O–H groups in total. The number of furan rings is 1. The second-order valence-corrected chi connectivity index (χ2v) is 8.42. The number of fused-ring (bicyclic) bond motifs is 1. The van der Waals surface area contributed by atoms with Crippen LogP contribution in [0.25, 0.3) is 11.0 Å². The number of hydrogen-bond donors (Lipinski definition) is 1. The van der Waals surface area contributed by atoms with Crippen LogP contribution in [0, 0.1) is 0 Å². The van der Waals surface area contributed by atoms with Gasteiger partial charge in [0.15, 0.2) is 0 Å². The highest BCUT2D eigenvalue weighted by atomic mass is 32.2. The summed E-state index contributed by atoms with van der Waals surface area (Å²) in [7, 11) is -0.896. The number of nitrogens with one attached hydrogen (secondary N) is 1. The van der Waals surface area contributed by atoms with E-state index in [1.54, 1.807) is 6.92 Å². The van der Waals surface area contributed by atoms with Gasteiger partial charge in [-0.15, -0.1) is 0 Å². The summed E-state index contributed by atoms with van der Waals surface area (Å²) in [6, 6.07) is 13.2. The number of amides is 1. The fraction of sp³-hybridized carbons (Fsp3) is 0.250. The van der Waals surface area contributed by atoms with Gasteiger partial charge in [-0.1, -0.05) is 18.2 Å². The quantitative estimate of drug-likeness (QED) is 0.678. The molecule has 2 aromatic carbocycles. The highest BCUT2D eigenvalue weighted by Gasteiger charge is 2.29. The summed E-state index contributed by atoms with van der Waals surface area (Å²) in [6.07, 6.45) is 0. The van der Waals surface area contributed by atoms with Gasteiger partial charge in [0.25, 0.3) is 0 Å². The number of ether oxygens (including phenoxy) is 1. The van der Waals surface area contributed by atoms with Gasteiger partial charge in [-0.2, -0.15) is 4.31 Å². The second-order valence-electron chi connectivity index (χ2n) is 6.43. The van der Waals surface area contributed by atoms with E-state index in [2.05, 4.69) is 5.32 Å². The van der Waals surface area contributed by atoms with Crippen molar-refractivity contribution in [2.45, 2.75) is 24.8 Å². The van der Waals surface area contributed by atoms with Gasteiger partial charge in [-0.05, 0) is 37.3 Å². The number of rotatable bonds is 6. The Morgan fingerprint density at radius 1 is 1.18 bits per heavy atom. The van der Waals surface area contributed by atoms with Crippen LogP contribution in [-0.2, 0) is 14.8 Å². The SMILES string of the molecule is COc1ccc(S(=O)(=O)N(C)[C@H](C)c2cc3ccccc3o2)cc1NC(C)=O. The minimum Gasteiger partial charge on any atom is -0.495 e. The van der Waals surface area contributed by atoms with Crippen LogP contribution in [-0.4, -0.2) is 32.8 Å². The number of carbonyl (C=O) groups excluding carboxylic acids is 1. The van der Waals surface area contributed by atoms with E-state index in [1.165, 1.54) is 43.6 Å². The van der Waals surface area contributed by atoms with E-state index < -0.39 is 16.1 Å². The van der Waals surface area contributed by atoms with Crippen molar-refractivity contribution in [1.29, 1.82) is 0 Å². The number of anilines is 1. The molecule has 0 bridgehead atoms. The molecule has 0 saturated heterocycles. The number of hydrogen-bond acceptors (Lipinski definition) is 5. The standard InChI is InChI=1S/C20H22N2O5S/c1-13(20-11-15-7-5-6-8-18(15)27-20)22(3)28(24,25)16-9-10-19(26-4)17(12-16)21-14(2)23/h5-13H,1-4H3,(H,21,23)/t13-/m1/s1. The molecule has 0 aliphatic heterocycles. The van der Waals surface area contributed by atoms with Crippen molar-refractivity contribution in [3.63, 3.8) is 0 Å². The highest BCUT2D eigenvalue weighted by Crippen LogP contribution is 2.33. The second kappa shape index (κ2) is 7.65. The molecule has 8 heteroatoms. The zero-order valence-corrected chi connectivity index (χ0v) is 16.9. The number of benzene rings is 2. The van der Waals surface area contributed by atoms with Gasteiger partial charge in [0.05, 0.1) is 23.7 Å². The Labute approximate surface area is 163 Å². The normalized spacial score (nSPS) is 12.9. The monoisotopic (exact) mass is 402 g/mol. The molecule has 28 heavy (non-hydrogen) atoms. The van der Waals surface area contributed by atoms with E-state index in [-0.39, 0.29) is 10.8 Å². The van der Waals surface area contributed by atoms with Crippen LogP contribution in [0.2, 0.25) is 0 Å². The summed E-state index contributed by atoms with van der Waals surface area (Å²) in [5.74, 6) is 0.599. The molecule has 3 rings (SSSR count). The maximum absolute atomic E-state index is 13.1. The molecule has 1 aromatic heterocycles. The minimum atomic E-state index is -3.84. The molecule has 1 amide bonds. The first-order chi connectivity index (χ1) is 13.2. The van der Waals surface area contributed by atoms with Crippen LogP contribution < -0.4 is 10.1 Å². The molecule has 7 nitrogen and oxygen atoms in total. The third kappa shape index (κ3) is 3.74. The first-order valence-corrected chi connectivity index (χ1v) is 10.1. The Kier molecular flexibility index (Phi) is 5.44. The summed E-state index contributed by atoms with van der Waals surface area (Å²) in [5, 5.41) is 3.50. The fourth-order valence-electron chi connectivity index (χ4n) is 2.90. The van der Waals surface area contributed by atoms with Crippen molar-refractivity contribution < 1.29 is 22.4 Å². The van der Waals surface area contributed by atoms with Crippen LogP contribution >= 0.6 is 0 Å². The van der Waals surface area contributed by atoms with Gasteiger partial charge >= 0.3 is 0 Å². The lowest BCUT2D eigenvalue weighted by Gasteiger charge is -2.23. The molecule has 3 aromatic rings. The van der Waals surface area contributed by atoms with Gasteiger partial charge in [-0.25, -0.2) is 8.42 Å². The number of carbonyl (C=O) groups is 1. The van der Waals surface area contributed by atoms with Crippen molar-refractivity contribution in [1.82, 2.24) is 4.31 Å². The van der Waals surface area contributed by atoms with Crippen LogP contribution in [0.3, 0.4) is 0 Å². The van der Waals surface area contributed by atoms with E-state index in [0.29, 0.717) is 22.8 Å². The van der Waals surface area contributed by atoms with Crippen LogP contribution in [0.15, 0.2) is 57.8 Å². The Morgan fingerprint density at radius 2 is 1.89 bits per heavy atom. The lowest BCUT2D eigenvalue weighted by atomic mass is 10.2. The van der Waals surface area contributed by atoms with E-state index in [9.17, 15) is 13.2 Å². The Hall–Kier alpha value is -2.84. The van der Waals surface area contributed by atoms with Crippen molar-refractivity contribution in [3.8, 4) is 5.75 Å². The third-order valence-electron chi connectivity index (χ3n) is 4.56. The predicted octanol–water partition coefficient (Wildman–Crippen LogP) is 3.78. The summed E-state index contributed by atoms with van der Waals surface area (Å²) in [6.45, 7) is 3.10. The molecule has 0 aliphatic rings. The topological polar surface area (TPSA) is 88.8 Å². The van der Waals surface area contributed by atoms with Crippen molar-refractivity contribution >= 4 is 32.6 Å². The molecule has 0 saturated carbocycles. The van der Waals surface area contributed by atoms with Crippen LogP contribution in [0.1, 0.15) is 25.6 Å².